The van der Waals surface area contributed by atoms with Gasteiger partial charge in [0, 0.05) is 23.7 Å². The lowest BCUT2D eigenvalue weighted by Crippen LogP contribution is -2.38. The molecule has 2 N–H and O–H groups in total. The van der Waals surface area contributed by atoms with Crippen LogP contribution in [0.1, 0.15) is 22.8 Å². The number of carbonyl (C=O) groups is 1. The minimum atomic E-state index is -0.221. The smallest absolute Gasteiger partial charge is 0.251 e. The molecular weight excluding hydrogens is 276 g/mol. The Balaban J connectivity index is 2.73. The average molecular weight is 295 g/mol. The third-order valence-corrected chi connectivity index (χ3v) is 3.29. The Bertz CT molecular complexity index is 532. The topological polar surface area (TPSA) is 52.6 Å². The van der Waals surface area contributed by atoms with Crippen molar-refractivity contribution in [2.45, 2.75) is 13.0 Å². The molecule has 0 fully saturated rings. The number of benzene rings is 1. The lowest BCUT2D eigenvalue weighted by Gasteiger charge is -2.20. The molecule has 4 nitrogen and oxygen atoms in total. The summed E-state index contributed by atoms with van der Waals surface area (Å²) in [6.07, 6.45) is 0. The maximum absolute atomic E-state index is 12.0. The van der Waals surface area contributed by atoms with Gasteiger partial charge in [0.05, 0.1) is 5.02 Å². The minimum Gasteiger partial charge on any atom is -0.384 e. The van der Waals surface area contributed by atoms with Crippen molar-refractivity contribution in [3.63, 3.8) is 0 Å². The zero-order chi connectivity index (χ0) is 15.1. The van der Waals surface area contributed by atoms with Gasteiger partial charge in [-0.2, -0.15) is 0 Å². The van der Waals surface area contributed by atoms with E-state index in [1.54, 1.807) is 18.2 Å². The van der Waals surface area contributed by atoms with Crippen LogP contribution >= 0.6 is 11.6 Å². The number of aliphatic hydroxyl groups excluding tert-OH is 1. The molecule has 0 radical (unpaired) electrons. The van der Waals surface area contributed by atoms with Crippen molar-refractivity contribution in [3.05, 3.63) is 34.3 Å². The van der Waals surface area contributed by atoms with Crippen LogP contribution in [-0.2, 0) is 0 Å². The van der Waals surface area contributed by atoms with Gasteiger partial charge >= 0.3 is 0 Å². The second kappa shape index (κ2) is 7.91. The number of nitrogens with one attached hydrogen (secondary N) is 1. The van der Waals surface area contributed by atoms with Gasteiger partial charge in [-0.15, -0.1) is 0 Å². The number of hydrogen-bond donors (Lipinski definition) is 2. The Labute approximate surface area is 124 Å². The zero-order valence-corrected chi connectivity index (χ0v) is 12.7. The molecule has 0 aliphatic carbocycles. The summed E-state index contributed by atoms with van der Waals surface area (Å²) >= 11 is 6.05. The summed E-state index contributed by atoms with van der Waals surface area (Å²) < 4.78 is 0. The molecule has 0 saturated carbocycles. The van der Waals surface area contributed by atoms with Crippen molar-refractivity contribution in [2.24, 2.45) is 0 Å². The molecule has 1 rings (SSSR count). The Morgan fingerprint density at radius 3 is 2.75 bits per heavy atom. The van der Waals surface area contributed by atoms with Gasteiger partial charge in [-0.1, -0.05) is 23.4 Å². The van der Waals surface area contributed by atoms with Gasteiger partial charge in [-0.25, -0.2) is 0 Å². The number of nitrogens with zero attached hydrogens (tertiary/aromatic N) is 1. The number of aliphatic hydroxyl groups is 1. The number of carbonyl (C=O) groups excluding carboxylic acids is 1. The summed E-state index contributed by atoms with van der Waals surface area (Å²) in [6, 6.07) is 5.18. The van der Waals surface area contributed by atoms with Crippen LogP contribution in [0.2, 0.25) is 5.02 Å². The second-order valence-corrected chi connectivity index (χ2v) is 5.08. The van der Waals surface area contributed by atoms with E-state index < -0.39 is 0 Å². The van der Waals surface area contributed by atoms with E-state index in [1.165, 1.54) is 0 Å². The Kier molecular flexibility index (Phi) is 6.53. The fraction of sp³-hybridized carbons (Fsp3) is 0.400. The summed E-state index contributed by atoms with van der Waals surface area (Å²) in [5.41, 5.74) is 1.09. The molecule has 108 valence electrons. The highest BCUT2D eigenvalue weighted by Gasteiger charge is 2.10. The molecule has 1 amide bonds. The summed E-state index contributed by atoms with van der Waals surface area (Å²) in [6.45, 7) is 2.37. The first-order chi connectivity index (χ1) is 9.45. The maximum Gasteiger partial charge on any atom is 0.251 e. The van der Waals surface area contributed by atoms with E-state index in [1.807, 2.05) is 25.9 Å². The third kappa shape index (κ3) is 4.86. The van der Waals surface area contributed by atoms with E-state index in [0.29, 0.717) is 22.7 Å². The molecule has 0 saturated heterocycles. The van der Waals surface area contributed by atoms with Crippen LogP contribution in [0.5, 0.6) is 0 Å². The average Bonchev–Trinajstić information content (AvgIpc) is 2.42. The van der Waals surface area contributed by atoms with E-state index >= 15 is 0 Å². The van der Waals surface area contributed by atoms with Crippen LogP contribution in [0, 0.1) is 11.8 Å². The van der Waals surface area contributed by atoms with Gasteiger partial charge in [0.25, 0.3) is 5.91 Å². The first-order valence-corrected chi connectivity index (χ1v) is 6.67. The fourth-order valence-corrected chi connectivity index (χ4v) is 1.65. The first-order valence-electron chi connectivity index (χ1n) is 6.29. The van der Waals surface area contributed by atoms with Crippen LogP contribution in [0.15, 0.2) is 18.2 Å². The minimum absolute atomic E-state index is 0.165. The second-order valence-electron chi connectivity index (χ2n) is 4.68. The lowest BCUT2D eigenvalue weighted by molar-refractivity contribution is 0.0943. The molecule has 1 aromatic carbocycles. The number of halogens is 1. The van der Waals surface area contributed by atoms with Gasteiger partial charge in [0.1, 0.15) is 6.61 Å². The lowest BCUT2D eigenvalue weighted by atomic mass is 10.1. The van der Waals surface area contributed by atoms with E-state index in [9.17, 15) is 4.79 Å². The summed E-state index contributed by atoms with van der Waals surface area (Å²) in [5.74, 6) is 5.08. The van der Waals surface area contributed by atoms with Crippen molar-refractivity contribution in [2.75, 3.05) is 27.2 Å². The standard InChI is InChI=1S/C15H19ClN2O2/c1-11(18(2)3)10-17-15(20)13-7-6-12(5-4-8-19)14(16)9-13/h6-7,9,11,19H,8,10H2,1-3H3,(H,17,20). The van der Waals surface area contributed by atoms with E-state index in [2.05, 4.69) is 17.2 Å². The quantitative estimate of drug-likeness (QED) is 0.825. The van der Waals surface area contributed by atoms with E-state index in [-0.39, 0.29) is 18.6 Å². The predicted octanol–water partition coefficient (Wildman–Crippen LogP) is 1.36. The van der Waals surface area contributed by atoms with E-state index in [0.717, 1.165) is 0 Å². The van der Waals surface area contributed by atoms with Gasteiger partial charge in [-0.05, 0) is 39.2 Å². The number of amides is 1. The molecule has 1 atom stereocenters. The van der Waals surface area contributed by atoms with Gasteiger partial charge in [0.15, 0.2) is 0 Å². The normalized spacial score (nSPS) is 11.7. The van der Waals surface area contributed by atoms with Crippen molar-refractivity contribution in [3.8, 4) is 11.8 Å². The highest BCUT2D eigenvalue weighted by molar-refractivity contribution is 6.32. The number of likely N-dealkylation sites (N-methyl/N-ethyl adjacent to an activating group) is 1. The highest BCUT2D eigenvalue weighted by Crippen LogP contribution is 2.17. The van der Waals surface area contributed by atoms with Gasteiger partial charge < -0.3 is 15.3 Å². The summed E-state index contributed by atoms with van der Waals surface area (Å²) in [4.78, 5) is 14.0. The molecule has 0 aromatic heterocycles. The molecule has 1 unspecified atom stereocenters. The number of rotatable bonds is 4. The Morgan fingerprint density at radius 1 is 1.50 bits per heavy atom. The predicted molar refractivity (Wildman–Crippen MR) is 80.9 cm³/mol. The van der Waals surface area contributed by atoms with Crippen LogP contribution in [0.25, 0.3) is 0 Å². The SMILES string of the molecule is CC(CNC(=O)c1ccc(C#CCO)c(Cl)c1)N(C)C. The molecule has 5 heteroatoms. The monoisotopic (exact) mass is 294 g/mol. The van der Waals surface area contributed by atoms with Crippen molar-refractivity contribution < 1.29 is 9.90 Å². The van der Waals surface area contributed by atoms with Gasteiger partial charge in [-0.3, -0.25) is 4.79 Å². The van der Waals surface area contributed by atoms with Crippen molar-refractivity contribution in [1.82, 2.24) is 10.2 Å². The molecule has 0 bridgehead atoms. The van der Waals surface area contributed by atoms with Crippen LogP contribution in [0.4, 0.5) is 0 Å². The summed E-state index contributed by atoms with van der Waals surface area (Å²) in [7, 11) is 3.92. The van der Waals surface area contributed by atoms with Crippen LogP contribution in [-0.4, -0.2) is 49.2 Å². The Hall–Kier alpha value is -1.54. The molecule has 0 aliphatic rings. The zero-order valence-electron chi connectivity index (χ0n) is 11.9. The van der Waals surface area contributed by atoms with Crippen molar-refractivity contribution in [1.29, 1.82) is 0 Å². The van der Waals surface area contributed by atoms with Gasteiger partial charge in [0.2, 0.25) is 0 Å². The van der Waals surface area contributed by atoms with Crippen LogP contribution in [0.3, 0.4) is 0 Å². The fourth-order valence-electron chi connectivity index (χ4n) is 1.42. The molecule has 20 heavy (non-hydrogen) atoms. The van der Waals surface area contributed by atoms with Crippen LogP contribution < -0.4 is 5.32 Å². The molecule has 1 aromatic rings. The Morgan fingerprint density at radius 2 is 2.20 bits per heavy atom. The van der Waals surface area contributed by atoms with Crippen molar-refractivity contribution >= 4 is 17.5 Å². The molecule has 0 aliphatic heterocycles. The molecular formula is C15H19ClN2O2. The highest BCUT2D eigenvalue weighted by atomic mass is 35.5. The first kappa shape index (κ1) is 16.5. The summed E-state index contributed by atoms with van der Waals surface area (Å²) in [5, 5.41) is 11.9. The molecule has 0 spiro atoms. The third-order valence-electron chi connectivity index (χ3n) is 2.97. The number of hydrogen-bond acceptors (Lipinski definition) is 3. The molecule has 0 heterocycles. The largest absolute Gasteiger partial charge is 0.384 e. The maximum atomic E-state index is 12.0. The van der Waals surface area contributed by atoms with E-state index in [4.69, 9.17) is 16.7 Å².